The Morgan fingerprint density at radius 2 is 2.33 bits per heavy atom. The highest BCUT2D eigenvalue weighted by molar-refractivity contribution is 7.84. The number of hydrogen-bond acceptors (Lipinski definition) is 3. The molecule has 0 aliphatic rings. The van der Waals surface area contributed by atoms with Crippen molar-refractivity contribution in [2.24, 2.45) is 0 Å². The normalized spacial score (nSPS) is 12.9. The average Bonchev–Trinajstić information content (AvgIpc) is 2.89. The number of hydrogen-bond donors (Lipinski definition) is 0. The van der Waals surface area contributed by atoms with Gasteiger partial charge in [0.2, 0.25) is 0 Å². The Labute approximate surface area is 109 Å². The molecule has 2 aromatic heterocycles. The number of rotatable bonds is 3. The fraction of sp³-hybridized carbons (Fsp3) is 0.0833. The van der Waals surface area contributed by atoms with Crippen LogP contribution in [0.2, 0.25) is 0 Å². The molecule has 0 aliphatic carbocycles. The van der Waals surface area contributed by atoms with Crippen LogP contribution in [0.4, 0.5) is 4.39 Å². The topological polar surface area (TPSA) is 34.4 Å². The summed E-state index contributed by atoms with van der Waals surface area (Å²) in [5, 5.41) is 1.94. The first-order valence-electron chi connectivity index (χ1n) is 5.27. The largest absolute Gasteiger partial charge is 0.297 e. The van der Waals surface area contributed by atoms with Crippen LogP contribution in [-0.2, 0) is 16.6 Å². The van der Waals surface area contributed by atoms with Crippen molar-refractivity contribution in [1.29, 1.82) is 0 Å². The van der Waals surface area contributed by atoms with Crippen LogP contribution in [0.3, 0.4) is 0 Å². The Balaban J connectivity index is 1.84. The standard InChI is InChI=1S/C12H9FN2OS2/c13-9-2-1-3-11(6-9)18(16)8-10-7-15-4-5-17-12(15)14-10/h1-7H,8H2. The number of benzene rings is 1. The molecular weight excluding hydrogens is 271 g/mol. The summed E-state index contributed by atoms with van der Waals surface area (Å²) in [6.45, 7) is 0. The second kappa shape index (κ2) is 4.62. The third-order valence-electron chi connectivity index (χ3n) is 2.48. The van der Waals surface area contributed by atoms with Gasteiger partial charge in [-0.2, -0.15) is 0 Å². The van der Waals surface area contributed by atoms with E-state index in [1.807, 2.05) is 22.2 Å². The molecular formula is C12H9FN2OS2. The SMILES string of the molecule is O=S(Cc1cn2ccsc2n1)c1cccc(F)c1. The smallest absolute Gasteiger partial charge is 0.193 e. The van der Waals surface area contributed by atoms with E-state index in [1.165, 1.54) is 23.5 Å². The maximum atomic E-state index is 13.0. The predicted octanol–water partition coefficient (Wildman–Crippen LogP) is 2.84. The van der Waals surface area contributed by atoms with Gasteiger partial charge in [-0.05, 0) is 18.2 Å². The van der Waals surface area contributed by atoms with Crippen LogP contribution in [0.5, 0.6) is 0 Å². The Morgan fingerprint density at radius 3 is 3.11 bits per heavy atom. The zero-order valence-corrected chi connectivity index (χ0v) is 10.9. The van der Waals surface area contributed by atoms with Gasteiger partial charge in [0.25, 0.3) is 0 Å². The van der Waals surface area contributed by atoms with Crippen molar-refractivity contribution in [2.75, 3.05) is 0 Å². The van der Waals surface area contributed by atoms with E-state index in [0.717, 1.165) is 10.7 Å². The lowest BCUT2D eigenvalue weighted by molar-refractivity contribution is 0.622. The highest BCUT2D eigenvalue weighted by Gasteiger charge is 2.09. The molecule has 1 atom stereocenters. The van der Waals surface area contributed by atoms with Crippen molar-refractivity contribution < 1.29 is 8.60 Å². The molecule has 3 rings (SSSR count). The van der Waals surface area contributed by atoms with Gasteiger partial charge >= 0.3 is 0 Å². The van der Waals surface area contributed by atoms with Gasteiger partial charge < -0.3 is 0 Å². The van der Waals surface area contributed by atoms with Gasteiger partial charge in [0.15, 0.2) is 4.96 Å². The molecule has 3 aromatic rings. The van der Waals surface area contributed by atoms with E-state index in [2.05, 4.69) is 4.98 Å². The minimum atomic E-state index is -1.27. The third kappa shape index (κ3) is 2.21. The average molecular weight is 280 g/mol. The zero-order chi connectivity index (χ0) is 12.5. The van der Waals surface area contributed by atoms with E-state index in [0.29, 0.717) is 10.6 Å². The monoisotopic (exact) mass is 280 g/mol. The number of fused-ring (bicyclic) bond motifs is 1. The van der Waals surface area contributed by atoms with E-state index in [9.17, 15) is 8.60 Å². The van der Waals surface area contributed by atoms with Crippen LogP contribution in [0.25, 0.3) is 4.96 Å². The molecule has 0 amide bonds. The summed E-state index contributed by atoms with van der Waals surface area (Å²) in [4.78, 5) is 5.72. The first-order chi connectivity index (χ1) is 8.72. The number of halogens is 1. The Kier molecular flexibility index (Phi) is 2.97. The first-order valence-corrected chi connectivity index (χ1v) is 7.47. The summed E-state index contributed by atoms with van der Waals surface area (Å²) < 4.78 is 27.0. The summed E-state index contributed by atoms with van der Waals surface area (Å²) in [7, 11) is -1.27. The lowest BCUT2D eigenvalue weighted by Gasteiger charge is -1.99. The highest BCUT2D eigenvalue weighted by atomic mass is 32.2. The van der Waals surface area contributed by atoms with Crippen LogP contribution in [0.1, 0.15) is 5.69 Å². The quantitative estimate of drug-likeness (QED) is 0.739. The van der Waals surface area contributed by atoms with Gasteiger partial charge in [-0.25, -0.2) is 9.37 Å². The summed E-state index contributed by atoms with van der Waals surface area (Å²) in [5.74, 6) is -0.0654. The Bertz CT molecular complexity index is 691. The third-order valence-corrected chi connectivity index (χ3v) is 4.59. The number of aromatic nitrogens is 2. The summed E-state index contributed by atoms with van der Waals surface area (Å²) in [5.41, 5.74) is 0.754. The zero-order valence-electron chi connectivity index (χ0n) is 9.25. The number of nitrogens with zero attached hydrogens (tertiary/aromatic N) is 2. The molecule has 0 aliphatic heterocycles. The van der Waals surface area contributed by atoms with Crippen molar-refractivity contribution in [3.8, 4) is 0 Å². The summed E-state index contributed by atoms with van der Waals surface area (Å²) >= 11 is 1.53. The molecule has 0 radical (unpaired) electrons. The number of thiazole rings is 1. The molecule has 1 aromatic carbocycles. The van der Waals surface area contributed by atoms with E-state index in [-0.39, 0.29) is 5.82 Å². The molecule has 1 unspecified atom stereocenters. The Hall–Kier alpha value is -1.53. The van der Waals surface area contributed by atoms with Gasteiger partial charge in [-0.15, -0.1) is 11.3 Å². The molecule has 0 bridgehead atoms. The highest BCUT2D eigenvalue weighted by Crippen LogP contribution is 2.16. The van der Waals surface area contributed by atoms with Crippen molar-refractivity contribution in [3.05, 3.63) is 53.6 Å². The fourth-order valence-corrected chi connectivity index (χ4v) is 3.44. The van der Waals surface area contributed by atoms with Crippen molar-refractivity contribution in [2.45, 2.75) is 10.6 Å². The van der Waals surface area contributed by atoms with Gasteiger partial charge in [0.1, 0.15) is 5.82 Å². The van der Waals surface area contributed by atoms with E-state index >= 15 is 0 Å². The molecule has 92 valence electrons. The van der Waals surface area contributed by atoms with Crippen LogP contribution >= 0.6 is 11.3 Å². The van der Waals surface area contributed by atoms with Crippen molar-refractivity contribution in [3.63, 3.8) is 0 Å². The molecule has 3 nitrogen and oxygen atoms in total. The predicted molar refractivity (Wildman–Crippen MR) is 69.6 cm³/mol. The van der Waals surface area contributed by atoms with Crippen LogP contribution < -0.4 is 0 Å². The Morgan fingerprint density at radius 1 is 1.44 bits per heavy atom. The van der Waals surface area contributed by atoms with Gasteiger partial charge in [0, 0.05) is 22.7 Å². The molecule has 2 heterocycles. The van der Waals surface area contributed by atoms with Crippen molar-refractivity contribution >= 4 is 27.1 Å². The minimum absolute atomic E-state index is 0.303. The lowest BCUT2D eigenvalue weighted by atomic mass is 10.4. The molecule has 0 saturated carbocycles. The fourth-order valence-electron chi connectivity index (χ4n) is 1.67. The summed E-state index contributed by atoms with van der Waals surface area (Å²) in [6.07, 6.45) is 3.75. The van der Waals surface area contributed by atoms with Gasteiger partial charge in [0.05, 0.1) is 22.2 Å². The molecule has 0 saturated heterocycles. The minimum Gasteiger partial charge on any atom is -0.297 e. The van der Waals surface area contributed by atoms with Crippen molar-refractivity contribution in [1.82, 2.24) is 9.38 Å². The van der Waals surface area contributed by atoms with E-state index < -0.39 is 10.8 Å². The second-order valence-corrected chi connectivity index (χ2v) is 6.10. The lowest BCUT2D eigenvalue weighted by Crippen LogP contribution is -1.97. The number of imidazole rings is 1. The molecule has 0 spiro atoms. The van der Waals surface area contributed by atoms with Gasteiger partial charge in [-0.1, -0.05) is 6.07 Å². The van der Waals surface area contributed by atoms with Gasteiger partial charge in [-0.3, -0.25) is 8.61 Å². The molecule has 0 fully saturated rings. The second-order valence-electron chi connectivity index (χ2n) is 3.77. The van der Waals surface area contributed by atoms with Crippen LogP contribution in [-0.4, -0.2) is 13.6 Å². The maximum absolute atomic E-state index is 13.0. The van der Waals surface area contributed by atoms with E-state index in [4.69, 9.17) is 0 Å². The van der Waals surface area contributed by atoms with E-state index in [1.54, 1.807) is 12.1 Å². The first kappa shape index (κ1) is 11.6. The van der Waals surface area contributed by atoms with Crippen LogP contribution in [0.15, 0.2) is 46.9 Å². The molecule has 0 N–H and O–H groups in total. The van der Waals surface area contributed by atoms with Crippen LogP contribution in [0, 0.1) is 5.82 Å². The summed E-state index contributed by atoms with van der Waals surface area (Å²) in [6, 6.07) is 5.87. The molecule has 18 heavy (non-hydrogen) atoms. The molecule has 6 heteroatoms. The maximum Gasteiger partial charge on any atom is 0.193 e.